The molecule has 0 atom stereocenters. The maximum absolute atomic E-state index is 11.1. The summed E-state index contributed by atoms with van der Waals surface area (Å²) in [6, 6.07) is 0. The molecular weight excluding hydrogens is 330 g/mol. The Morgan fingerprint density at radius 1 is 1.00 bits per heavy atom. The number of ether oxygens (including phenoxy) is 4. The fourth-order valence-electron chi connectivity index (χ4n) is 1.13. The molecular formula is C16H35N3O6. The predicted molar refractivity (Wildman–Crippen MR) is 95.3 cm³/mol. The Bertz CT molecular complexity index is 311. The van der Waals surface area contributed by atoms with Crippen molar-refractivity contribution in [2.75, 3.05) is 65.9 Å². The highest BCUT2D eigenvalue weighted by atomic mass is 16.5. The number of hydrogen-bond donors (Lipinski definition) is 3. The van der Waals surface area contributed by atoms with Crippen LogP contribution in [-0.4, -0.2) is 83.7 Å². The lowest BCUT2D eigenvalue weighted by atomic mass is 10.1. The van der Waals surface area contributed by atoms with Gasteiger partial charge in [-0.1, -0.05) is 0 Å². The molecule has 0 heterocycles. The lowest BCUT2D eigenvalue weighted by molar-refractivity contribution is -0.125. The van der Waals surface area contributed by atoms with Crippen LogP contribution in [0, 0.1) is 0 Å². The summed E-state index contributed by atoms with van der Waals surface area (Å²) in [4.78, 5) is 20.8. The lowest BCUT2D eigenvalue weighted by Gasteiger charge is -2.07. The van der Waals surface area contributed by atoms with Gasteiger partial charge in [-0.25, -0.2) is 0 Å². The first-order chi connectivity index (χ1) is 11.9. The summed E-state index contributed by atoms with van der Waals surface area (Å²) in [5.74, 6) is -0.126. The van der Waals surface area contributed by atoms with Gasteiger partial charge in [-0.05, 0) is 20.8 Å². The highest BCUT2D eigenvalue weighted by molar-refractivity contribution is 5.77. The van der Waals surface area contributed by atoms with Gasteiger partial charge in [0, 0.05) is 19.7 Å². The van der Waals surface area contributed by atoms with Crippen LogP contribution in [0.5, 0.6) is 0 Å². The van der Waals surface area contributed by atoms with Crippen LogP contribution in [0.25, 0.3) is 0 Å². The third kappa shape index (κ3) is 28.0. The van der Waals surface area contributed by atoms with Crippen LogP contribution >= 0.6 is 0 Å². The minimum Gasteiger partial charge on any atom is -0.378 e. The van der Waals surface area contributed by atoms with Gasteiger partial charge in [0.2, 0.25) is 5.91 Å². The summed E-state index contributed by atoms with van der Waals surface area (Å²) >= 11 is 0. The Hall–Kier alpha value is -1.10. The van der Waals surface area contributed by atoms with E-state index in [2.05, 4.69) is 5.32 Å². The monoisotopic (exact) mass is 365 g/mol. The van der Waals surface area contributed by atoms with Gasteiger partial charge in [0.1, 0.15) is 12.9 Å². The van der Waals surface area contributed by atoms with E-state index in [4.69, 9.17) is 30.4 Å². The fourth-order valence-corrected chi connectivity index (χ4v) is 1.13. The first kappa shape index (κ1) is 26.1. The van der Waals surface area contributed by atoms with Gasteiger partial charge in [-0.15, -0.1) is 0 Å². The Labute approximate surface area is 150 Å². The first-order valence-electron chi connectivity index (χ1n) is 8.40. The molecule has 150 valence electrons. The van der Waals surface area contributed by atoms with Crippen molar-refractivity contribution in [1.82, 2.24) is 5.32 Å². The molecule has 1 amide bonds. The summed E-state index contributed by atoms with van der Waals surface area (Å²) in [6.07, 6.45) is 0.715. The zero-order chi connectivity index (χ0) is 19.4. The third-order valence-electron chi connectivity index (χ3n) is 2.32. The minimum atomic E-state index is -0.639. The molecule has 0 rings (SSSR count). The molecule has 0 saturated heterocycles. The standard InChI is InChI=1S/C12H26N2O5.C4H9NO/c1-2-16-11-12(15)14-4-6-18-8-10-19-9-7-17-5-3-13;1-4(2,5)3-6/h2-11,13H2,1H3,(H,14,15);3H,5H2,1-2H3. The number of nitrogens with two attached hydrogens (primary N) is 2. The van der Waals surface area contributed by atoms with E-state index < -0.39 is 5.54 Å². The second-order valence-corrected chi connectivity index (χ2v) is 5.55. The second-order valence-electron chi connectivity index (χ2n) is 5.55. The SMILES string of the molecule is CC(C)(N)C=O.CCOCC(=O)NCCOCCOCCOCCN. The Kier molecular flexibility index (Phi) is 20.1. The minimum absolute atomic E-state index is 0.0996. The molecule has 5 N–H and O–H groups in total. The normalized spacial score (nSPS) is 10.8. The van der Waals surface area contributed by atoms with E-state index in [-0.39, 0.29) is 12.5 Å². The van der Waals surface area contributed by atoms with Crippen LogP contribution in [0.3, 0.4) is 0 Å². The van der Waals surface area contributed by atoms with Crippen molar-refractivity contribution in [1.29, 1.82) is 0 Å². The molecule has 0 bridgehead atoms. The first-order valence-corrected chi connectivity index (χ1v) is 8.40. The van der Waals surface area contributed by atoms with Gasteiger partial charge in [0.25, 0.3) is 0 Å². The van der Waals surface area contributed by atoms with Crippen LogP contribution in [0.15, 0.2) is 0 Å². The molecule has 0 spiro atoms. The van der Waals surface area contributed by atoms with E-state index in [1.54, 1.807) is 13.8 Å². The molecule has 0 saturated carbocycles. The van der Waals surface area contributed by atoms with Crippen molar-refractivity contribution in [3.8, 4) is 0 Å². The molecule has 25 heavy (non-hydrogen) atoms. The van der Waals surface area contributed by atoms with E-state index in [0.717, 1.165) is 0 Å². The van der Waals surface area contributed by atoms with Crippen LogP contribution in [0.2, 0.25) is 0 Å². The number of carbonyl (C=O) groups is 2. The van der Waals surface area contributed by atoms with Crippen LogP contribution in [0.1, 0.15) is 20.8 Å². The van der Waals surface area contributed by atoms with Crippen molar-refractivity contribution in [3.63, 3.8) is 0 Å². The van der Waals surface area contributed by atoms with E-state index in [1.165, 1.54) is 0 Å². The van der Waals surface area contributed by atoms with Crippen molar-refractivity contribution in [2.24, 2.45) is 11.5 Å². The van der Waals surface area contributed by atoms with Gasteiger partial charge in [-0.3, -0.25) is 4.79 Å². The summed E-state index contributed by atoms with van der Waals surface area (Å²) < 4.78 is 20.6. The molecule has 0 aromatic heterocycles. The lowest BCUT2D eigenvalue weighted by Crippen LogP contribution is -2.33. The zero-order valence-corrected chi connectivity index (χ0v) is 15.8. The number of hydrogen-bond acceptors (Lipinski definition) is 8. The van der Waals surface area contributed by atoms with Gasteiger partial charge in [0.15, 0.2) is 0 Å². The molecule has 0 unspecified atom stereocenters. The van der Waals surface area contributed by atoms with Crippen LogP contribution in [0.4, 0.5) is 0 Å². The highest BCUT2D eigenvalue weighted by Crippen LogP contribution is 1.85. The Morgan fingerprint density at radius 3 is 1.92 bits per heavy atom. The molecule has 0 fully saturated rings. The van der Waals surface area contributed by atoms with Gasteiger partial charge in [-0.2, -0.15) is 0 Å². The van der Waals surface area contributed by atoms with Crippen LogP contribution in [-0.2, 0) is 28.5 Å². The maximum atomic E-state index is 11.1. The molecule has 0 aliphatic heterocycles. The van der Waals surface area contributed by atoms with E-state index >= 15 is 0 Å². The molecule has 9 heteroatoms. The topological polar surface area (TPSA) is 135 Å². The average Bonchev–Trinajstić information content (AvgIpc) is 2.57. The van der Waals surface area contributed by atoms with Crippen LogP contribution < -0.4 is 16.8 Å². The Balaban J connectivity index is 0. The highest BCUT2D eigenvalue weighted by Gasteiger charge is 2.04. The third-order valence-corrected chi connectivity index (χ3v) is 2.32. The fraction of sp³-hybridized carbons (Fsp3) is 0.875. The predicted octanol–water partition coefficient (Wildman–Crippen LogP) is -0.930. The number of aldehydes is 1. The summed E-state index contributed by atoms with van der Waals surface area (Å²) in [7, 11) is 0. The van der Waals surface area contributed by atoms with Gasteiger partial charge < -0.3 is 40.5 Å². The summed E-state index contributed by atoms with van der Waals surface area (Å²) in [6.45, 7) is 9.90. The summed E-state index contributed by atoms with van der Waals surface area (Å²) in [5, 5.41) is 2.68. The average molecular weight is 365 g/mol. The largest absolute Gasteiger partial charge is 0.378 e. The van der Waals surface area contributed by atoms with Crippen molar-refractivity contribution >= 4 is 12.2 Å². The number of amides is 1. The number of rotatable bonds is 15. The van der Waals surface area contributed by atoms with Crippen molar-refractivity contribution in [2.45, 2.75) is 26.3 Å². The molecule has 0 aliphatic rings. The second kappa shape index (κ2) is 19.2. The van der Waals surface area contributed by atoms with E-state index in [1.807, 2.05) is 6.92 Å². The zero-order valence-electron chi connectivity index (χ0n) is 15.8. The van der Waals surface area contributed by atoms with Gasteiger partial charge >= 0.3 is 0 Å². The Morgan fingerprint density at radius 2 is 1.48 bits per heavy atom. The molecule has 0 aromatic rings. The number of nitrogens with one attached hydrogen (secondary N) is 1. The smallest absolute Gasteiger partial charge is 0.246 e. The van der Waals surface area contributed by atoms with E-state index in [0.29, 0.717) is 65.6 Å². The van der Waals surface area contributed by atoms with Crippen molar-refractivity contribution < 1.29 is 28.5 Å². The number of carbonyl (C=O) groups excluding carboxylic acids is 2. The molecule has 9 nitrogen and oxygen atoms in total. The summed E-state index contributed by atoms with van der Waals surface area (Å²) in [5.41, 5.74) is 9.79. The van der Waals surface area contributed by atoms with E-state index in [9.17, 15) is 9.59 Å². The van der Waals surface area contributed by atoms with Crippen molar-refractivity contribution in [3.05, 3.63) is 0 Å². The molecule has 0 aliphatic carbocycles. The maximum Gasteiger partial charge on any atom is 0.246 e. The molecule has 0 radical (unpaired) electrons. The van der Waals surface area contributed by atoms with Gasteiger partial charge in [0.05, 0.1) is 45.2 Å². The quantitative estimate of drug-likeness (QED) is 0.250. The molecule has 0 aromatic carbocycles.